The summed E-state index contributed by atoms with van der Waals surface area (Å²) >= 11 is 0. The Morgan fingerprint density at radius 1 is 1.44 bits per heavy atom. The molecule has 0 atom stereocenters. The topological polar surface area (TPSA) is 12.9 Å². The van der Waals surface area contributed by atoms with E-state index in [1.165, 1.54) is 0 Å². The Morgan fingerprint density at radius 2 is 2.11 bits per heavy atom. The number of hydrogen-bond acceptors (Lipinski definition) is 1. The first-order chi connectivity index (χ1) is 3.39. The Balaban J connectivity index is -0.000000163. The molecule has 0 saturated carbocycles. The summed E-state index contributed by atoms with van der Waals surface area (Å²) in [7, 11) is 0. The predicted octanol–water partition coefficient (Wildman–Crippen LogP) is -1.87. The number of aromatic nitrogens is 1. The summed E-state index contributed by atoms with van der Waals surface area (Å²) in [5.41, 5.74) is 1.07. The molecule has 1 aromatic rings. The van der Waals surface area contributed by atoms with Crippen molar-refractivity contribution in [1.29, 1.82) is 0 Å². The maximum Gasteiger partial charge on any atom is 1.00 e. The number of pyridine rings is 1. The Bertz CT molecular complexity index is 148. The first kappa shape index (κ1) is 11.9. The van der Waals surface area contributed by atoms with Crippen molar-refractivity contribution in [1.82, 2.24) is 4.98 Å². The molecule has 0 amide bonds. The van der Waals surface area contributed by atoms with E-state index in [9.17, 15) is 0 Å². The summed E-state index contributed by atoms with van der Waals surface area (Å²) in [5.74, 6) is 0. The molecule has 9 heavy (non-hydrogen) atoms. The van der Waals surface area contributed by atoms with Crippen LogP contribution in [-0.2, 0) is 0 Å². The van der Waals surface area contributed by atoms with Crippen molar-refractivity contribution in [3.63, 3.8) is 0 Å². The monoisotopic (exact) mass is 128 g/mol. The van der Waals surface area contributed by atoms with Crippen molar-refractivity contribution in [2.75, 3.05) is 0 Å². The molecular formula is C6H8BNNa. The molecule has 1 heterocycles. The summed E-state index contributed by atoms with van der Waals surface area (Å²) in [6.45, 7) is 1.97. The molecule has 3 radical (unpaired) electrons. The van der Waals surface area contributed by atoms with Crippen LogP contribution in [0.5, 0.6) is 0 Å². The Labute approximate surface area is 81.2 Å². The van der Waals surface area contributed by atoms with E-state index >= 15 is 0 Å². The molecule has 1 rings (SSSR count). The minimum Gasteiger partial charge on any atom is -1.00 e. The van der Waals surface area contributed by atoms with Gasteiger partial charge < -0.3 is 1.43 Å². The smallest absolute Gasteiger partial charge is 1.00 e. The molecular weight excluding hydrogens is 120 g/mol. The Kier molecular flexibility index (Phi) is 8.41. The molecule has 0 fully saturated rings. The quantitative estimate of drug-likeness (QED) is 0.373. The fraction of sp³-hybridized carbons (Fsp3) is 0.167. The van der Waals surface area contributed by atoms with E-state index in [0.717, 1.165) is 5.69 Å². The predicted molar refractivity (Wildman–Crippen MR) is 35.8 cm³/mol. The minimum absolute atomic E-state index is 0. The van der Waals surface area contributed by atoms with Gasteiger partial charge in [0.15, 0.2) is 0 Å². The fourth-order valence-corrected chi connectivity index (χ4v) is 0.448. The third-order valence-corrected chi connectivity index (χ3v) is 0.813. The van der Waals surface area contributed by atoms with Crippen molar-refractivity contribution >= 4 is 8.41 Å². The molecule has 0 aliphatic heterocycles. The second kappa shape index (κ2) is 6.34. The van der Waals surface area contributed by atoms with E-state index < -0.39 is 0 Å². The van der Waals surface area contributed by atoms with Crippen LogP contribution in [0, 0.1) is 6.92 Å². The molecule has 3 heteroatoms. The third-order valence-electron chi connectivity index (χ3n) is 0.813. The van der Waals surface area contributed by atoms with E-state index in [4.69, 9.17) is 0 Å². The van der Waals surface area contributed by atoms with E-state index in [2.05, 4.69) is 4.98 Å². The van der Waals surface area contributed by atoms with Crippen LogP contribution < -0.4 is 29.6 Å². The van der Waals surface area contributed by atoms with Gasteiger partial charge in [-0.15, -0.1) is 0 Å². The van der Waals surface area contributed by atoms with Gasteiger partial charge in [-0.2, -0.15) is 0 Å². The number of aryl methyl sites for hydroxylation is 1. The van der Waals surface area contributed by atoms with Crippen molar-refractivity contribution < 1.29 is 31.0 Å². The van der Waals surface area contributed by atoms with Crippen molar-refractivity contribution in [2.45, 2.75) is 6.92 Å². The zero-order valence-corrected chi connectivity index (χ0v) is 7.83. The van der Waals surface area contributed by atoms with Gasteiger partial charge in [0.25, 0.3) is 0 Å². The maximum atomic E-state index is 3.98. The van der Waals surface area contributed by atoms with Crippen LogP contribution in [0.15, 0.2) is 24.4 Å². The van der Waals surface area contributed by atoms with Gasteiger partial charge in [0.05, 0.1) is 0 Å². The first-order valence-corrected chi connectivity index (χ1v) is 2.27. The average molecular weight is 128 g/mol. The minimum atomic E-state index is 0. The van der Waals surface area contributed by atoms with Gasteiger partial charge in [-0.05, 0) is 19.1 Å². The molecule has 41 valence electrons. The molecule has 0 spiro atoms. The molecule has 0 N–H and O–H groups in total. The van der Waals surface area contributed by atoms with E-state index in [-0.39, 0.29) is 39.4 Å². The summed E-state index contributed by atoms with van der Waals surface area (Å²) in [5, 5.41) is 0. The van der Waals surface area contributed by atoms with Gasteiger partial charge in [-0.1, -0.05) is 6.07 Å². The number of rotatable bonds is 0. The number of nitrogens with zero attached hydrogens (tertiary/aromatic N) is 1. The van der Waals surface area contributed by atoms with Gasteiger partial charge >= 0.3 is 29.6 Å². The zero-order chi connectivity index (χ0) is 5.11. The molecule has 0 aliphatic rings. The van der Waals surface area contributed by atoms with E-state index in [0.29, 0.717) is 0 Å². The maximum absolute atomic E-state index is 3.98. The largest absolute Gasteiger partial charge is 1.00 e. The second-order valence-corrected chi connectivity index (χ2v) is 1.47. The zero-order valence-electron chi connectivity index (χ0n) is 6.83. The van der Waals surface area contributed by atoms with Crippen molar-refractivity contribution in [2.24, 2.45) is 0 Å². The van der Waals surface area contributed by atoms with Crippen LogP contribution in [0.3, 0.4) is 0 Å². The average Bonchev–Trinajstić information content (AvgIpc) is 1.69. The molecule has 0 aromatic carbocycles. The Morgan fingerprint density at radius 3 is 2.33 bits per heavy atom. The van der Waals surface area contributed by atoms with Gasteiger partial charge in [0, 0.05) is 20.3 Å². The van der Waals surface area contributed by atoms with E-state index in [1.54, 1.807) is 6.20 Å². The van der Waals surface area contributed by atoms with Gasteiger partial charge in [0.1, 0.15) is 0 Å². The van der Waals surface area contributed by atoms with Crippen LogP contribution in [-0.4, -0.2) is 13.4 Å². The summed E-state index contributed by atoms with van der Waals surface area (Å²) in [4.78, 5) is 3.98. The summed E-state index contributed by atoms with van der Waals surface area (Å²) in [6.07, 6.45) is 1.79. The fourth-order valence-electron chi connectivity index (χ4n) is 0.448. The summed E-state index contributed by atoms with van der Waals surface area (Å²) < 4.78 is 0. The van der Waals surface area contributed by atoms with E-state index in [1.807, 2.05) is 25.1 Å². The van der Waals surface area contributed by atoms with Gasteiger partial charge in [-0.3, -0.25) is 4.98 Å². The standard InChI is InChI=1S/C6H7N.B.Na.H/c1-6-4-2-3-5-7-6;;;/h2-5H,1H3;;;/q;;+1;-1. The third kappa shape index (κ3) is 4.70. The molecule has 1 aromatic heterocycles. The van der Waals surface area contributed by atoms with Crippen molar-refractivity contribution in [3.05, 3.63) is 30.1 Å². The first-order valence-electron chi connectivity index (χ1n) is 2.27. The molecule has 0 unspecified atom stereocenters. The molecule has 1 nitrogen and oxygen atoms in total. The molecule has 0 saturated heterocycles. The van der Waals surface area contributed by atoms with Gasteiger partial charge in [0.2, 0.25) is 0 Å². The SMILES string of the molecule is Cc1ccccn1.[B].[H-].[Na+]. The van der Waals surface area contributed by atoms with Crippen LogP contribution >= 0.6 is 0 Å². The number of hydrogen-bond donors (Lipinski definition) is 0. The van der Waals surface area contributed by atoms with Crippen LogP contribution in [0.25, 0.3) is 0 Å². The van der Waals surface area contributed by atoms with Gasteiger partial charge in [-0.25, -0.2) is 0 Å². The van der Waals surface area contributed by atoms with Crippen LogP contribution in [0.4, 0.5) is 0 Å². The molecule has 0 bridgehead atoms. The normalized spacial score (nSPS) is 6.78. The van der Waals surface area contributed by atoms with Crippen LogP contribution in [0.2, 0.25) is 0 Å². The summed E-state index contributed by atoms with van der Waals surface area (Å²) in [6, 6.07) is 5.86. The molecule has 0 aliphatic carbocycles. The van der Waals surface area contributed by atoms with Crippen LogP contribution in [0.1, 0.15) is 7.12 Å². The van der Waals surface area contributed by atoms with Crippen molar-refractivity contribution in [3.8, 4) is 0 Å². The Hall–Kier alpha value is 0.215. The second-order valence-electron chi connectivity index (χ2n) is 1.47.